The van der Waals surface area contributed by atoms with E-state index in [1.165, 1.54) is 31.4 Å². The summed E-state index contributed by atoms with van der Waals surface area (Å²) in [6.45, 7) is 7.63. The second-order valence-corrected chi connectivity index (χ2v) is 7.29. The minimum atomic E-state index is 0.159. The molecule has 0 bridgehead atoms. The third-order valence-electron chi connectivity index (χ3n) is 5.41. The second-order valence-electron chi connectivity index (χ2n) is 7.29. The third-order valence-corrected chi connectivity index (χ3v) is 5.41. The fourth-order valence-corrected chi connectivity index (χ4v) is 3.98. The summed E-state index contributed by atoms with van der Waals surface area (Å²) in [7, 11) is 0. The fraction of sp³-hybridized carbons (Fsp3) is 0.650. The highest BCUT2D eigenvalue weighted by molar-refractivity contribution is 5.92. The number of aryl methyl sites for hydroxylation is 2. The van der Waals surface area contributed by atoms with Crippen LogP contribution in [-0.4, -0.2) is 32.2 Å². The summed E-state index contributed by atoms with van der Waals surface area (Å²) in [5.74, 6) is 0.925. The van der Waals surface area contributed by atoms with Crippen LogP contribution in [0.4, 0.5) is 11.4 Å². The quantitative estimate of drug-likeness (QED) is 0.885. The molecule has 1 aliphatic heterocycles. The maximum absolute atomic E-state index is 12.3. The number of rotatable bonds is 5. The molecule has 1 saturated carbocycles. The van der Waals surface area contributed by atoms with E-state index < -0.39 is 0 Å². The number of ether oxygens (including phenoxy) is 1. The van der Waals surface area contributed by atoms with Crippen LogP contribution in [-0.2, 0) is 9.53 Å². The number of nitrogens with one attached hydrogen (secondary N) is 1. The number of carbonyl (C=O) groups excluding carboxylic acids is 1. The Bertz CT molecular complexity index is 550. The predicted molar refractivity (Wildman–Crippen MR) is 98.8 cm³/mol. The third kappa shape index (κ3) is 4.29. The van der Waals surface area contributed by atoms with Crippen LogP contribution in [0.15, 0.2) is 12.1 Å². The highest BCUT2D eigenvalue weighted by atomic mass is 16.5. The number of hydrogen-bond acceptors (Lipinski definition) is 3. The first-order valence-electron chi connectivity index (χ1n) is 9.37. The molecule has 1 aromatic carbocycles. The molecule has 3 rings (SSSR count). The zero-order valence-corrected chi connectivity index (χ0v) is 15.1. The Morgan fingerprint density at radius 3 is 2.42 bits per heavy atom. The van der Waals surface area contributed by atoms with Gasteiger partial charge in [-0.15, -0.1) is 0 Å². The summed E-state index contributed by atoms with van der Waals surface area (Å²) in [6.07, 6.45) is 6.98. The van der Waals surface area contributed by atoms with Gasteiger partial charge in [-0.1, -0.05) is 25.7 Å². The van der Waals surface area contributed by atoms with Crippen LogP contribution < -0.4 is 10.2 Å². The number of benzene rings is 1. The van der Waals surface area contributed by atoms with E-state index in [2.05, 4.69) is 36.2 Å². The van der Waals surface area contributed by atoms with Crippen LogP contribution in [0.3, 0.4) is 0 Å². The highest BCUT2D eigenvalue weighted by Gasteiger charge is 2.18. The predicted octanol–water partition coefficient (Wildman–Crippen LogP) is 4.05. The molecular formula is C20H30N2O2. The Hall–Kier alpha value is -1.55. The van der Waals surface area contributed by atoms with Crippen molar-refractivity contribution < 1.29 is 9.53 Å². The molecule has 1 heterocycles. The summed E-state index contributed by atoms with van der Waals surface area (Å²) in [5, 5.41) is 3.15. The van der Waals surface area contributed by atoms with Gasteiger partial charge in [-0.05, 0) is 49.4 Å². The zero-order chi connectivity index (χ0) is 16.9. The van der Waals surface area contributed by atoms with Crippen LogP contribution in [0.1, 0.15) is 49.7 Å². The Labute approximate surface area is 145 Å². The monoisotopic (exact) mass is 330 g/mol. The van der Waals surface area contributed by atoms with Crippen molar-refractivity contribution in [2.45, 2.75) is 52.4 Å². The van der Waals surface area contributed by atoms with Crippen LogP contribution in [0.2, 0.25) is 0 Å². The van der Waals surface area contributed by atoms with E-state index in [1.807, 2.05) is 0 Å². The normalized spacial score (nSPS) is 18.8. The topological polar surface area (TPSA) is 41.6 Å². The Morgan fingerprint density at radius 2 is 1.79 bits per heavy atom. The molecule has 132 valence electrons. The van der Waals surface area contributed by atoms with Crippen LogP contribution >= 0.6 is 0 Å². The van der Waals surface area contributed by atoms with Gasteiger partial charge in [-0.25, -0.2) is 0 Å². The Balaban J connectivity index is 1.61. The van der Waals surface area contributed by atoms with E-state index in [4.69, 9.17) is 4.74 Å². The molecular weight excluding hydrogens is 300 g/mol. The molecule has 1 amide bonds. The molecule has 0 radical (unpaired) electrons. The van der Waals surface area contributed by atoms with Gasteiger partial charge in [0.05, 0.1) is 13.2 Å². The minimum absolute atomic E-state index is 0.159. The van der Waals surface area contributed by atoms with Gasteiger partial charge in [-0.2, -0.15) is 0 Å². The van der Waals surface area contributed by atoms with Gasteiger partial charge in [0, 0.05) is 30.9 Å². The van der Waals surface area contributed by atoms with Crippen molar-refractivity contribution in [2.75, 3.05) is 36.5 Å². The lowest BCUT2D eigenvalue weighted by Crippen LogP contribution is -2.36. The first-order valence-corrected chi connectivity index (χ1v) is 9.37. The summed E-state index contributed by atoms with van der Waals surface area (Å²) in [6, 6.07) is 4.37. The number of anilines is 2. The lowest BCUT2D eigenvalue weighted by Gasteiger charge is -2.30. The average molecular weight is 330 g/mol. The molecule has 1 N–H and O–H groups in total. The number of nitrogens with zero attached hydrogens (tertiary/aromatic N) is 1. The van der Waals surface area contributed by atoms with Gasteiger partial charge in [0.1, 0.15) is 0 Å². The van der Waals surface area contributed by atoms with Crippen molar-refractivity contribution in [3.8, 4) is 0 Å². The number of carbonyl (C=O) groups is 1. The Morgan fingerprint density at radius 1 is 1.17 bits per heavy atom. The highest BCUT2D eigenvalue weighted by Crippen LogP contribution is 2.30. The molecule has 0 atom stereocenters. The van der Waals surface area contributed by atoms with Gasteiger partial charge < -0.3 is 15.0 Å². The summed E-state index contributed by atoms with van der Waals surface area (Å²) in [4.78, 5) is 14.7. The molecule has 1 aliphatic carbocycles. The van der Waals surface area contributed by atoms with E-state index in [-0.39, 0.29) is 5.91 Å². The molecule has 0 spiro atoms. The van der Waals surface area contributed by atoms with Crippen LogP contribution in [0.5, 0.6) is 0 Å². The SMILES string of the molecule is Cc1cc(N2CCOCC2)cc(C)c1NC(=O)CCC1CCCC1. The standard InChI is InChI=1S/C20H30N2O2/c1-15-13-18(22-9-11-24-12-10-22)14-16(2)20(15)21-19(23)8-7-17-5-3-4-6-17/h13-14,17H,3-12H2,1-2H3,(H,21,23). The first kappa shape index (κ1) is 17.3. The summed E-state index contributed by atoms with van der Waals surface area (Å²) >= 11 is 0. The summed E-state index contributed by atoms with van der Waals surface area (Å²) in [5.41, 5.74) is 4.51. The Kier molecular flexibility index (Phi) is 5.77. The van der Waals surface area contributed by atoms with Crippen molar-refractivity contribution in [1.82, 2.24) is 0 Å². The smallest absolute Gasteiger partial charge is 0.224 e. The lowest BCUT2D eigenvalue weighted by atomic mass is 10.0. The van der Waals surface area contributed by atoms with Crippen molar-refractivity contribution in [3.63, 3.8) is 0 Å². The van der Waals surface area contributed by atoms with Crippen LogP contribution in [0.25, 0.3) is 0 Å². The van der Waals surface area contributed by atoms with Gasteiger partial charge in [-0.3, -0.25) is 4.79 Å². The molecule has 2 fully saturated rings. The maximum Gasteiger partial charge on any atom is 0.224 e. The van der Waals surface area contributed by atoms with Gasteiger partial charge in [0.2, 0.25) is 5.91 Å². The molecule has 2 aliphatic rings. The van der Waals surface area contributed by atoms with Gasteiger partial charge >= 0.3 is 0 Å². The van der Waals surface area contributed by atoms with Gasteiger partial charge in [0.15, 0.2) is 0 Å². The maximum atomic E-state index is 12.3. The molecule has 24 heavy (non-hydrogen) atoms. The van der Waals surface area contributed by atoms with E-state index in [0.29, 0.717) is 6.42 Å². The van der Waals surface area contributed by atoms with E-state index >= 15 is 0 Å². The minimum Gasteiger partial charge on any atom is -0.378 e. The molecule has 0 aromatic heterocycles. The first-order chi connectivity index (χ1) is 11.6. The van der Waals surface area contributed by atoms with Gasteiger partial charge in [0.25, 0.3) is 0 Å². The second kappa shape index (κ2) is 8.02. The van der Waals surface area contributed by atoms with Crippen LogP contribution in [0, 0.1) is 19.8 Å². The van der Waals surface area contributed by atoms with Crippen molar-refractivity contribution in [1.29, 1.82) is 0 Å². The van der Waals surface area contributed by atoms with Crippen molar-refractivity contribution >= 4 is 17.3 Å². The average Bonchev–Trinajstić information content (AvgIpc) is 3.10. The summed E-state index contributed by atoms with van der Waals surface area (Å²) < 4.78 is 5.43. The van der Waals surface area contributed by atoms with E-state index in [0.717, 1.165) is 55.5 Å². The molecule has 4 nitrogen and oxygen atoms in total. The zero-order valence-electron chi connectivity index (χ0n) is 15.1. The molecule has 4 heteroatoms. The number of hydrogen-bond donors (Lipinski definition) is 1. The molecule has 1 saturated heterocycles. The molecule has 1 aromatic rings. The van der Waals surface area contributed by atoms with Crippen molar-refractivity contribution in [2.24, 2.45) is 5.92 Å². The molecule has 0 unspecified atom stereocenters. The van der Waals surface area contributed by atoms with E-state index in [9.17, 15) is 4.79 Å². The number of morpholine rings is 1. The van der Waals surface area contributed by atoms with E-state index in [1.54, 1.807) is 0 Å². The lowest BCUT2D eigenvalue weighted by molar-refractivity contribution is -0.116. The van der Waals surface area contributed by atoms with Crippen molar-refractivity contribution in [3.05, 3.63) is 23.3 Å². The fourth-order valence-electron chi connectivity index (χ4n) is 3.98. The number of amides is 1. The largest absolute Gasteiger partial charge is 0.378 e.